The number of likely N-dealkylation sites (tertiary alicyclic amines) is 1. The fourth-order valence-corrected chi connectivity index (χ4v) is 6.12. The molecule has 44 heavy (non-hydrogen) atoms. The van der Waals surface area contributed by atoms with E-state index in [1.807, 2.05) is 4.90 Å². The third-order valence-corrected chi connectivity index (χ3v) is 8.45. The molecule has 2 fully saturated rings. The van der Waals surface area contributed by atoms with Gasteiger partial charge in [0.2, 0.25) is 17.7 Å². The van der Waals surface area contributed by atoms with E-state index in [4.69, 9.17) is 9.47 Å². The molecule has 4 aliphatic heterocycles. The number of halogens is 3. The minimum absolute atomic E-state index is 0.0397. The summed E-state index contributed by atoms with van der Waals surface area (Å²) in [6.07, 6.45) is -2.71. The average Bonchev–Trinajstić information content (AvgIpc) is 3.39. The average molecular weight is 618 g/mol. The van der Waals surface area contributed by atoms with E-state index >= 15 is 0 Å². The van der Waals surface area contributed by atoms with Gasteiger partial charge in [-0.2, -0.15) is 13.2 Å². The number of amides is 3. The molecule has 10 nitrogen and oxygen atoms in total. The van der Waals surface area contributed by atoms with Gasteiger partial charge in [-0.25, -0.2) is 4.98 Å². The highest BCUT2D eigenvalue weighted by atomic mass is 19.4. The first-order valence-corrected chi connectivity index (χ1v) is 15.0. The molecule has 0 radical (unpaired) electrons. The second-order valence-corrected chi connectivity index (χ2v) is 11.6. The van der Waals surface area contributed by atoms with Gasteiger partial charge in [-0.15, -0.1) is 0 Å². The number of hydrogen-bond donors (Lipinski definition) is 1. The number of hydrogen-bond acceptors (Lipinski definition) is 7. The summed E-state index contributed by atoms with van der Waals surface area (Å²) >= 11 is 0. The monoisotopic (exact) mass is 617 g/mol. The SMILES string of the molecule is CC(=O)N1CCOCCOc2cccc(n2)C(=O)N[C@@H]2C[C@@H](C(=O)N3CCC(CC3)C1)N(Cc1cccc(C(F)(F)F)c1)C2. The molecular weight excluding hydrogens is 579 g/mol. The Bertz CT molecular complexity index is 1330. The molecular formula is C31H38F3N5O5. The summed E-state index contributed by atoms with van der Waals surface area (Å²) in [6, 6.07) is 8.93. The molecule has 1 aromatic heterocycles. The van der Waals surface area contributed by atoms with Crippen molar-refractivity contribution in [2.45, 2.75) is 51.0 Å². The number of carbonyl (C=O) groups is 3. The van der Waals surface area contributed by atoms with Crippen LogP contribution in [0.2, 0.25) is 0 Å². The minimum atomic E-state index is -4.48. The molecule has 0 unspecified atom stereocenters. The molecule has 0 spiro atoms. The maximum atomic E-state index is 13.9. The van der Waals surface area contributed by atoms with E-state index in [1.54, 1.807) is 34.1 Å². The van der Waals surface area contributed by atoms with Crippen molar-refractivity contribution in [2.24, 2.45) is 5.92 Å². The first-order chi connectivity index (χ1) is 21.1. The van der Waals surface area contributed by atoms with Crippen molar-refractivity contribution in [3.63, 3.8) is 0 Å². The Morgan fingerprint density at radius 2 is 1.80 bits per heavy atom. The first-order valence-electron chi connectivity index (χ1n) is 15.0. The number of carbonyl (C=O) groups excluding carboxylic acids is 3. The van der Waals surface area contributed by atoms with Gasteiger partial charge in [-0.1, -0.05) is 24.3 Å². The van der Waals surface area contributed by atoms with Gasteiger partial charge in [-0.05, 0) is 42.9 Å². The van der Waals surface area contributed by atoms with Crippen LogP contribution < -0.4 is 10.1 Å². The molecule has 6 bridgehead atoms. The van der Waals surface area contributed by atoms with E-state index in [0.717, 1.165) is 25.0 Å². The van der Waals surface area contributed by atoms with Crippen LogP contribution in [-0.4, -0.2) is 102 Å². The topological polar surface area (TPSA) is 104 Å². The summed E-state index contributed by atoms with van der Waals surface area (Å²) in [5, 5.41) is 2.97. The molecule has 2 aromatic rings. The van der Waals surface area contributed by atoms with Crippen molar-refractivity contribution in [1.82, 2.24) is 25.0 Å². The van der Waals surface area contributed by atoms with E-state index in [0.29, 0.717) is 44.8 Å². The standard InChI is InChI=1S/C31H38F3N5O5/c1-21(40)38-12-13-43-14-15-44-28-7-3-6-26(36-28)29(41)35-25-17-27(30(42)37-10-8-22(18-38)9-11-37)39(20-25)19-23-4-2-5-24(16-23)31(32,33)34/h2-7,16,22,25,27H,8-15,17-20H2,1H3,(H,35,41)/t25-,27+/m1/s1. The lowest BCUT2D eigenvalue weighted by Gasteiger charge is -2.37. The number of aromatic nitrogens is 1. The van der Waals surface area contributed by atoms with Crippen molar-refractivity contribution >= 4 is 17.7 Å². The lowest BCUT2D eigenvalue weighted by molar-refractivity contribution is -0.139. The van der Waals surface area contributed by atoms with Crippen LogP contribution in [0.3, 0.4) is 0 Å². The van der Waals surface area contributed by atoms with Gasteiger partial charge in [0.15, 0.2) is 0 Å². The molecule has 13 heteroatoms. The Labute approximate surface area is 254 Å². The van der Waals surface area contributed by atoms with Crippen LogP contribution in [0.15, 0.2) is 42.5 Å². The summed E-state index contributed by atoms with van der Waals surface area (Å²) in [5.74, 6) is -0.0902. The molecule has 5 heterocycles. The van der Waals surface area contributed by atoms with E-state index in [1.165, 1.54) is 13.0 Å². The van der Waals surface area contributed by atoms with Gasteiger partial charge < -0.3 is 24.6 Å². The number of benzene rings is 1. The van der Waals surface area contributed by atoms with Crippen molar-refractivity contribution in [2.75, 3.05) is 52.5 Å². The van der Waals surface area contributed by atoms with Gasteiger partial charge in [0.05, 0.1) is 24.8 Å². The Balaban J connectivity index is 1.37. The van der Waals surface area contributed by atoms with Crippen molar-refractivity contribution < 1.29 is 37.0 Å². The molecule has 0 aliphatic carbocycles. The van der Waals surface area contributed by atoms with Crippen LogP contribution in [-0.2, 0) is 27.0 Å². The summed E-state index contributed by atoms with van der Waals surface area (Å²) in [6.45, 7) is 4.85. The fraction of sp³-hybridized carbons (Fsp3) is 0.548. The Morgan fingerprint density at radius 1 is 1.02 bits per heavy atom. The smallest absolute Gasteiger partial charge is 0.416 e. The van der Waals surface area contributed by atoms with Crippen LogP contribution in [0.25, 0.3) is 0 Å². The predicted octanol–water partition coefficient (Wildman–Crippen LogP) is 2.97. The lowest BCUT2D eigenvalue weighted by Crippen LogP contribution is -2.49. The maximum Gasteiger partial charge on any atom is 0.416 e. The van der Waals surface area contributed by atoms with Crippen LogP contribution >= 0.6 is 0 Å². The van der Waals surface area contributed by atoms with Gasteiger partial charge in [0.1, 0.15) is 12.3 Å². The van der Waals surface area contributed by atoms with Crippen LogP contribution in [0, 0.1) is 5.92 Å². The Hall–Kier alpha value is -3.71. The Morgan fingerprint density at radius 3 is 2.55 bits per heavy atom. The predicted molar refractivity (Wildman–Crippen MR) is 154 cm³/mol. The minimum Gasteiger partial charge on any atom is -0.475 e. The highest BCUT2D eigenvalue weighted by Gasteiger charge is 2.41. The first kappa shape index (κ1) is 31.7. The zero-order chi connectivity index (χ0) is 31.3. The molecule has 1 aromatic carbocycles. The van der Waals surface area contributed by atoms with E-state index in [-0.39, 0.29) is 55.6 Å². The van der Waals surface area contributed by atoms with Crippen molar-refractivity contribution in [3.05, 3.63) is 59.3 Å². The normalized spacial score (nSPS) is 24.4. The second-order valence-electron chi connectivity index (χ2n) is 11.6. The number of rotatable bonds is 2. The second kappa shape index (κ2) is 13.9. The zero-order valence-corrected chi connectivity index (χ0v) is 24.7. The zero-order valence-electron chi connectivity index (χ0n) is 24.7. The number of piperidine rings is 1. The lowest BCUT2D eigenvalue weighted by atomic mass is 9.95. The summed E-state index contributed by atoms with van der Waals surface area (Å²) < 4.78 is 51.6. The molecule has 1 N–H and O–H groups in total. The largest absolute Gasteiger partial charge is 0.475 e. The van der Waals surface area contributed by atoms with E-state index < -0.39 is 29.7 Å². The van der Waals surface area contributed by atoms with Crippen molar-refractivity contribution in [1.29, 1.82) is 0 Å². The van der Waals surface area contributed by atoms with Crippen LogP contribution in [0.1, 0.15) is 47.8 Å². The molecule has 4 aliphatic rings. The molecule has 238 valence electrons. The van der Waals surface area contributed by atoms with Gasteiger partial charge in [-0.3, -0.25) is 19.3 Å². The number of ether oxygens (including phenoxy) is 2. The molecule has 2 saturated heterocycles. The number of pyridine rings is 1. The Kier molecular flexibility index (Phi) is 10.0. The molecule has 6 rings (SSSR count). The summed E-state index contributed by atoms with van der Waals surface area (Å²) in [7, 11) is 0. The maximum absolute atomic E-state index is 13.9. The third kappa shape index (κ3) is 8.06. The fourth-order valence-electron chi connectivity index (χ4n) is 6.12. The van der Waals surface area contributed by atoms with E-state index in [9.17, 15) is 27.6 Å². The van der Waals surface area contributed by atoms with Crippen LogP contribution in [0.4, 0.5) is 13.2 Å². The van der Waals surface area contributed by atoms with Gasteiger partial charge in [0.25, 0.3) is 5.91 Å². The van der Waals surface area contributed by atoms with Gasteiger partial charge >= 0.3 is 6.18 Å². The van der Waals surface area contributed by atoms with Gasteiger partial charge in [0, 0.05) is 58.3 Å². The number of fused-ring (bicyclic) bond motifs is 10. The molecule has 0 saturated carbocycles. The quantitative estimate of drug-likeness (QED) is 0.517. The van der Waals surface area contributed by atoms with E-state index in [2.05, 4.69) is 10.3 Å². The number of nitrogens with one attached hydrogen (secondary N) is 1. The summed E-state index contributed by atoms with van der Waals surface area (Å²) in [4.78, 5) is 49.1. The van der Waals surface area contributed by atoms with Crippen LogP contribution in [0.5, 0.6) is 5.88 Å². The molecule has 3 amide bonds. The third-order valence-electron chi connectivity index (χ3n) is 8.45. The number of alkyl halides is 3. The highest BCUT2D eigenvalue weighted by Crippen LogP contribution is 2.31. The van der Waals surface area contributed by atoms with Crippen molar-refractivity contribution in [3.8, 4) is 5.88 Å². The number of nitrogens with zero attached hydrogens (tertiary/aromatic N) is 4. The highest BCUT2D eigenvalue weighted by molar-refractivity contribution is 5.92. The summed E-state index contributed by atoms with van der Waals surface area (Å²) in [5.41, 5.74) is -0.166. The molecule has 2 atom stereocenters.